The average Bonchev–Trinajstić information content (AvgIpc) is 3.07. The van der Waals surface area contributed by atoms with E-state index in [1.54, 1.807) is 24.3 Å². The Bertz CT molecular complexity index is 1220. The second-order valence-corrected chi connectivity index (χ2v) is 7.94. The normalized spacial score (nSPS) is 11.2. The van der Waals surface area contributed by atoms with Crippen LogP contribution in [0, 0.1) is 0 Å². The molecule has 3 nitrogen and oxygen atoms in total. The molecule has 4 rings (SSSR count). The molecule has 130 valence electrons. The van der Waals surface area contributed by atoms with Gasteiger partial charge in [0.25, 0.3) is 0 Å². The Labute approximate surface area is 171 Å². The summed E-state index contributed by atoms with van der Waals surface area (Å²) >= 11 is 25.5. The van der Waals surface area contributed by atoms with Crippen LogP contribution in [0.2, 0.25) is 20.1 Å². The molecule has 2 aromatic heterocycles. The van der Waals surface area contributed by atoms with E-state index in [1.165, 1.54) is 17.4 Å². The van der Waals surface area contributed by atoms with Gasteiger partial charge in [-0.15, -0.1) is 11.3 Å². The third-order valence-corrected chi connectivity index (χ3v) is 5.82. The minimum atomic E-state index is -0.517. The number of fused-ring (bicyclic) bond motifs is 1. The Morgan fingerprint density at radius 2 is 1.73 bits per heavy atom. The van der Waals surface area contributed by atoms with Gasteiger partial charge in [-0.05, 0) is 30.3 Å². The molecule has 4 aromatic rings. The Morgan fingerprint density at radius 3 is 2.50 bits per heavy atom. The van der Waals surface area contributed by atoms with E-state index in [2.05, 4.69) is 4.98 Å². The van der Waals surface area contributed by atoms with Gasteiger partial charge in [0.2, 0.25) is 0 Å². The highest BCUT2D eigenvalue weighted by atomic mass is 35.5. The van der Waals surface area contributed by atoms with Gasteiger partial charge in [-0.25, -0.2) is 9.78 Å². The van der Waals surface area contributed by atoms with Crippen LogP contribution < -0.4 is 5.63 Å². The van der Waals surface area contributed by atoms with Gasteiger partial charge in [0.15, 0.2) is 5.58 Å². The standard InChI is InChI=1S/C18H7Cl4NO2S/c19-10-3-9-4-11(18(24)25-16(9)14(22)6-10)17-23-15(7-26-17)8-1-2-12(20)13(21)5-8/h1-7H. The molecule has 0 fully saturated rings. The van der Waals surface area contributed by atoms with Gasteiger partial charge >= 0.3 is 5.63 Å². The van der Waals surface area contributed by atoms with Gasteiger partial charge in [-0.1, -0.05) is 52.5 Å². The molecule has 0 spiro atoms. The zero-order valence-corrected chi connectivity index (χ0v) is 16.6. The lowest BCUT2D eigenvalue weighted by Gasteiger charge is -2.02. The first-order chi connectivity index (χ1) is 12.4. The molecule has 8 heteroatoms. The number of hydrogen-bond donors (Lipinski definition) is 0. The molecule has 0 aliphatic rings. The molecule has 0 aliphatic carbocycles. The lowest BCUT2D eigenvalue weighted by Crippen LogP contribution is -2.02. The van der Waals surface area contributed by atoms with Crippen LogP contribution in [0.3, 0.4) is 0 Å². The Balaban J connectivity index is 1.83. The molecule has 26 heavy (non-hydrogen) atoms. The summed E-state index contributed by atoms with van der Waals surface area (Å²) < 4.78 is 5.36. The predicted molar refractivity (Wildman–Crippen MR) is 109 cm³/mol. The SMILES string of the molecule is O=c1oc2c(Cl)cc(Cl)cc2cc1-c1nc(-c2ccc(Cl)c(Cl)c2)cs1. The van der Waals surface area contributed by atoms with Crippen molar-refractivity contribution < 1.29 is 4.42 Å². The van der Waals surface area contributed by atoms with Gasteiger partial charge in [-0.2, -0.15) is 0 Å². The largest absolute Gasteiger partial charge is 0.421 e. The van der Waals surface area contributed by atoms with Crippen molar-refractivity contribution in [2.75, 3.05) is 0 Å². The highest BCUT2D eigenvalue weighted by Gasteiger charge is 2.15. The van der Waals surface area contributed by atoms with E-state index in [-0.39, 0.29) is 5.02 Å². The van der Waals surface area contributed by atoms with Crippen LogP contribution in [0.5, 0.6) is 0 Å². The van der Waals surface area contributed by atoms with Crippen LogP contribution in [0.15, 0.2) is 51.0 Å². The summed E-state index contributed by atoms with van der Waals surface area (Å²) in [5.74, 6) is 0. The van der Waals surface area contributed by atoms with Crippen LogP contribution in [0.4, 0.5) is 0 Å². The maximum atomic E-state index is 12.4. The molecule has 2 heterocycles. The number of hydrogen-bond acceptors (Lipinski definition) is 4. The second kappa shape index (κ2) is 6.87. The summed E-state index contributed by atoms with van der Waals surface area (Å²) in [5.41, 5.74) is 1.61. The molecular formula is C18H7Cl4NO2S. The number of nitrogens with zero attached hydrogens (tertiary/aromatic N) is 1. The fraction of sp³-hybridized carbons (Fsp3) is 0. The number of rotatable bonds is 2. The van der Waals surface area contributed by atoms with Crippen molar-refractivity contribution in [2.45, 2.75) is 0 Å². The highest BCUT2D eigenvalue weighted by molar-refractivity contribution is 7.13. The summed E-state index contributed by atoms with van der Waals surface area (Å²) in [4.78, 5) is 16.9. The van der Waals surface area contributed by atoms with E-state index in [0.717, 1.165) is 5.56 Å². The molecule has 2 aromatic carbocycles. The summed E-state index contributed by atoms with van der Waals surface area (Å²) in [6.07, 6.45) is 0. The average molecular weight is 443 g/mol. The molecule has 0 saturated heterocycles. The minimum Gasteiger partial charge on any atom is -0.421 e. The lowest BCUT2D eigenvalue weighted by molar-refractivity contribution is 0.563. The van der Waals surface area contributed by atoms with Crippen molar-refractivity contribution in [1.82, 2.24) is 4.98 Å². The van der Waals surface area contributed by atoms with Gasteiger partial charge in [-0.3, -0.25) is 0 Å². The lowest BCUT2D eigenvalue weighted by atomic mass is 10.1. The quantitative estimate of drug-likeness (QED) is 0.308. The molecule has 0 N–H and O–H groups in total. The zero-order chi connectivity index (χ0) is 18.4. The van der Waals surface area contributed by atoms with Crippen molar-refractivity contribution in [1.29, 1.82) is 0 Å². The summed E-state index contributed by atoms with van der Waals surface area (Å²) in [5, 5.41) is 4.64. The van der Waals surface area contributed by atoms with Crippen molar-refractivity contribution in [3.8, 4) is 21.8 Å². The van der Waals surface area contributed by atoms with Crippen molar-refractivity contribution >= 4 is 68.7 Å². The highest BCUT2D eigenvalue weighted by Crippen LogP contribution is 2.33. The molecular weight excluding hydrogens is 436 g/mol. The molecule has 0 atom stereocenters. The Morgan fingerprint density at radius 1 is 0.923 bits per heavy atom. The first kappa shape index (κ1) is 17.8. The fourth-order valence-corrected chi connectivity index (χ4v) is 4.17. The Hall–Kier alpha value is -1.56. The number of aromatic nitrogens is 1. The second-order valence-electron chi connectivity index (χ2n) is 5.42. The van der Waals surface area contributed by atoms with Crippen LogP contribution in [0.25, 0.3) is 32.8 Å². The summed E-state index contributed by atoms with van der Waals surface area (Å²) in [6, 6.07) is 10.1. The minimum absolute atomic E-state index is 0.284. The maximum Gasteiger partial charge on any atom is 0.346 e. The first-order valence-electron chi connectivity index (χ1n) is 7.26. The molecule has 0 bridgehead atoms. The van der Waals surface area contributed by atoms with Gasteiger partial charge in [0.05, 0.1) is 26.3 Å². The smallest absolute Gasteiger partial charge is 0.346 e. The molecule has 0 saturated carbocycles. The van der Waals surface area contributed by atoms with E-state index >= 15 is 0 Å². The zero-order valence-electron chi connectivity index (χ0n) is 12.7. The molecule has 0 radical (unpaired) electrons. The summed E-state index contributed by atoms with van der Waals surface area (Å²) in [7, 11) is 0. The van der Waals surface area contributed by atoms with Crippen LogP contribution in [-0.2, 0) is 0 Å². The van der Waals surface area contributed by atoms with Crippen molar-refractivity contribution in [3.63, 3.8) is 0 Å². The van der Waals surface area contributed by atoms with E-state index in [0.29, 0.717) is 42.3 Å². The Kier molecular flexibility index (Phi) is 4.71. The van der Waals surface area contributed by atoms with Gasteiger partial charge < -0.3 is 4.42 Å². The van der Waals surface area contributed by atoms with Gasteiger partial charge in [0, 0.05) is 21.4 Å². The van der Waals surface area contributed by atoms with Crippen LogP contribution in [-0.4, -0.2) is 4.98 Å². The number of thiazole rings is 1. The number of halogens is 4. The summed E-state index contributed by atoms with van der Waals surface area (Å²) in [6.45, 7) is 0. The van der Waals surface area contributed by atoms with E-state index in [1.807, 2.05) is 11.4 Å². The van der Waals surface area contributed by atoms with Gasteiger partial charge in [0.1, 0.15) is 5.01 Å². The third-order valence-electron chi connectivity index (χ3n) is 3.70. The van der Waals surface area contributed by atoms with Crippen molar-refractivity contribution in [2.24, 2.45) is 0 Å². The third kappa shape index (κ3) is 3.24. The topological polar surface area (TPSA) is 43.1 Å². The predicted octanol–water partition coefficient (Wildman–Crippen LogP) is 7.20. The molecule has 0 unspecified atom stereocenters. The first-order valence-corrected chi connectivity index (χ1v) is 9.66. The van der Waals surface area contributed by atoms with Crippen LogP contribution in [0.1, 0.15) is 0 Å². The van der Waals surface area contributed by atoms with E-state index in [4.69, 9.17) is 50.8 Å². The number of benzene rings is 2. The molecule has 0 amide bonds. The van der Waals surface area contributed by atoms with E-state index < -0.39 is 5.63 Å². The van der Waals surface area contributed by atoms with E-state index in [9.17, 15) is 4.79 Å². The molecule has 0 aliphatic heterocycles. The van der Waals surface area contributed by atoms with Crippen LogP contribution >= 0.6 is 57.7 Å². The fourth-order valence-electron chi connectivity index (χ4n) is 2.49. The maximum absolute atomic E-state index is 12.4. The van der Waals surface area contributed by atoms with Crippen molar-refractivity contribution in [3.05, 3.63) is 72.3 Å². The monoisotopic (exact) mass is 441 g/mol.